The summed E-state index contributed by atoms with van der Waals surface area (Å²) in [5, 5.41) is 2.74. The number of benzene rings is 1. The van der Waals surface area contributed by atoms with E-state index in [0.717, 1.165) is 6.26 Å². The third kappa shape index (κ3) is 3.61. The Hall–Kier alpha value is -1.89. The highest BCUT2D eigenvalue weighted by Crippen LogP contribution is 2.36. The van der Waals surface area contributed by atoms with Gasteiger partial charge < -0.3 is 5.32 Å². The summed E-state index contributed by atoms with van der Waals surface area (Å²) in [5.74, 6) is -0.329. The quantitative estimate of drug-likeness (QED) is 0.902. The molecule has 1 aliphatic heterocycles. The second-order valence-electron chi connectivity index (χ2n) is 6.99. The van der Waals surface area contributed by atoms with Crippen LogP contribution in [0.4, 0.5) is 11.4 Å². The molecule has 0 fully saturated rings. The number of fused-ring (bicyclic) bond motifs is 1. The van der Waals surface area contributed by atoms with E-state index < -0.39 is 15.9 Å². The van der Waals surface area contributed by atoms with Gasteiger partial charge in [0.1, 0.15) is 6.04 Å². The highest BCUT2D eigenvalue weighted by molar-refractivity contribution is 7.90. The molecule has 0 aliphatic carbocycles. The molecule has 2 rings (SSSR count). The van der Waals surface area contributed by atoms with Crippen LogP contribution < -0.4 is 10.2 Å². The number of nitrogens with one attached hydrogen (secondary N) is 1. The predicted molar refractivity (Wildman–Crippen MR) is 93.7 cm³/mol. The molecule has 0 radical (unpaired) electrons. The van der Waals surface area contributed by atoms with Gasteiger partial charge in [-0.3, -0.25) is 14.5 Å². The molecule has 6 nitrogen and oxygen atoms in total. The topological polar surface area (TPSA) is 83.6 Å². The van der Waals surface area contributed by atoms with Crippen molar-refractivity contribution in [2.45, 2.75) is 45.1 Å². The molecule has 1 atom stereocenters. The van der Waals surface area contributed by atoms with E-state index >= 15 is 0 Å². The summed E-state index contributed by atoms with van der Waals surface area (Å²) in [6.07, 6.45) is 1.43. The first-order valence-corrected chi connectivity index (χ1v) is 9.88. The van der Waals surface area contributed by atoms with E-state index in [2.05, 4.69) is 5.32 Å². The second kappa shape index (κ2) is 6.55. The third-order valence-corrected chi connectivity index (χ3v) is 5.05. The van der Waals surface area contributed by atoms with Crippen LogP contribution >= 0.6 is 0 Å². The predicted octanol–water partition coefficient (Wildman–Crippen LogP) is 2.45. The van der Waals surface area contributed by atoms with E-state index in [9.17, 15) is 18.0 Å². The van der Waals surface area contributed by atoms with Crippen molar-refractivity contribution in [3.8, 4) is 0 Å². The number of amides is 2. The van der Waals surface area contributed by atoms with Crippen molar-refractivity contribution in [1.82, 2.24) is 0 Å². The Balaban J connectivity index is 2.57. The SMILES string of the molecule is CC(C)CC(=O)N1c2ccc(S(C)(=O)=O)cc2NC(=O)[C@@H]1C(C)C. The minimum Gasteiger partial charge on any atom is -0.322 e. The molecule has 1 N–H and O–H groups in total. The van der Waals surface area contributed by atoms with Crippen molar-refractivity contribution in [3.05, 3.63) is 18.2 Å². The van der Waals surface area contributed by atoms with Crippen molar-refractivity contribution >= 4 is 33.0 Å². The van der Waals surface area contributed by atoms with Crippen molar-refractivity contribution in [2.75, 3.05) is 16.5 Å². The highest BCUT2D eigenvalue weighted by Gasteiger charge is 2.39. The normalized spacial score (nSPS) is 17.9. The van der Waals surface area contributed by atoms with Gasteiger partial charge in [0.05, 0.1) is 16.3 Å². The Morgan fingerprint density at radius 2 is 1.88 bits per heavy atom. The lowest BCUT2D eigenvalue weighted by Gasteiger charge is -2.39. The first kappa shape index (κ1) is 18.4. The lowest BCUT2D eigenvalue weighted by Crippen LogP contribution is -2.53. The van der Waals surface area contributed by atoms with Gasteiger partial charge in [-0.25, -0.2) is 8.42 Å². The summed E-state index contributed by atoms with van der Waals surface area (Å²) in [7, 11) is -3.40. The van der Waals surface area contributed by atoms with Crippen LogP contribution in [0, 0.1) is 11.8 Å². The summed E-state index contributed by atoms with van der Waals surface area (Å²) in [6.45, 7) is 7.66. The van der Waals surface area contributed by atoms with Gasteiger partial charge in [0, 0.05) is 12.7 Å². The van der Waals surface area contributed by atoms with Gasteiger partial charge in [-0.05, 0) is 30.0 Å². The standard InChI is InChI=1S/C17H24N2O4S/c1-10(2)8-15(20)19-14-7-6-12(24(5,22)23)9-13(14)18-17(21)16(19)11(3)4/h6-7,9-11,16H,8H2,1-5H3,(H,18,21)/t16-/m0/s1. The summed E-state index contributed by atoms with van der Waals surface area (Å²) in [4.78, 5) is 26.9. The number of hydrogen-bond donors (Lipinski definition) is 1. The van der Waals surface area contributed by atoms with Gasteiger partial charge in [-0.2, -0.15) is 0 Å². The summed E-state index contributed by atoms with van der Waals surface area (Å²) < 4.78 is 23.5. The molecule has 24 heavy (non-hydrogen) atoms. The van der Waals surface area contributed by atoms with Crippen LogP contribution in [0.15, 0.2) is 23.1 Å². The number of rotatable bonds is 4. The average molecular weight is 352 g/mol. The van der Waals surface area contributed by atoms with Gasteiger partial charge in [-0.1, -0.05) is 27.7 Å². The fraction of sp³-hybridized carbons (Fsp3) is 0.529. The highest BCUT2D eigenvalue weighted by atomic mass is 32.2. The molecule has 1 aromatic rings. The first-order valence-electron chi connectivity index (χ1n) is 7.99. The van der Waals surface area contributed by atoms with Crippen molar-refractivity contribution in [1.29, 1.82) is 0 Å². The Morgan fingerprint density at radius 3 is 2.38 bits per heavy atom. The molecule has 0 bridgehead atoms. The molecular formula is C17H24N2O4S. The maximum Gasteiger partial charge on any atom is 0.247 e. The van der Waals surface area contributed by atoms with E-state index in [4.69, 9.17) is 0 Å². The molecule has 1 aromatic carbocycles. The zero-order valence-corrected chi connectivity index (χ0v) is 15.5. The van der Waals surface area contributed by atoms with E-state index in [-0.39, 0.29) is 28.5 Å². The minimum absolute atomic E-state index is 0.0659. The van der Waals surface area contributed by atoms with Gasteiger partial charge >= 0.3 is 0 Å². The molecular weight excluding hydrogens is 328 g/mol. The van der Waals surface area contributed by atoms with Crippen LogP contribution in [-0.4, -0.2) is 32.5 Å². The fourth-order valence-electron chi connectivity index (χ4n) is 2.87. The number of anilines is 2. The largest absolute Gasteiger partial charge is 0.322 e. The van der Waals surface area contributed by atoms with E-state index in [1.807, 2.05) is 27.7 Å². The van der Waals surface area contributed by atoms with Crippen LogP contribution in [0.1, 0.15) is 34.1 Å². The average Bonchev–Trinajstić information content (AvgIpc) is 2.42. The molecule has 7 heteroatoms. The number of carbonyl (C=O) groups excluding carboxylic acids is 2. The molecule has 132 valence electrons. The lowest BCUT2D eigenvalue weighted by atomic mass is 9.96. The van der Waals surface area contributed by atoms with Crippen molar-refractivity contribution < 1.29 is 18.0 Å². The molecule has 0 spiro atoms. The van der Waals surface area contributed by atoms with E-state index in [1.165, 1.54) is 17.0 Å². The van der Waals surface area contributed by atoms with E-state index in [1.54, 1.807) is 6.07 Å². The Bertz CT molecular complexity index is 769. The fourth-order valence-corrected chi connectivity index (χ4v) is 3.51. The number of sulfone groups is 1. The summed E-state index contributed by atoms with van der Waals surface area (Å²) in [5.41, 5.74) is 0.906. The molecule has 0 aromatic heterocycles. The van der Waals surface area contributed by atoms with Crippen molar-refractivity contribution in [3.63, 3.8) is 0 Å². The summed E-state index contributed by atoms with van der Waals surface area (Å²) in [6, 6.07) is 3.87. The number of carbonyl (C=O) groups is 2. The number of nitrogens with zero attached hydrogens (tertiary/aromatic N) is 1. The van der Waals surface area contributed by atoms with Gasteiger partial charge in [0.2, 0.25) is 11.8 Å². The zero-order chi connectivity index (χ0) is 18.2. The minimum atomic E-state index is -3.40. The van der Waals surface area contributed by atoms with E-state index in [0.29, 0.717) is 17.8 Å². The van der Waals surface area contributed by atoms with Gasteiger partial charge in [0.15, 0.2) is 9.84 Å². The second-order valence-corrected chi connectivity index (χ2v) is 9.01. The van der Waals surface area contributed by atoms with Crippen molar-refractivity contribution in [2.24, 2.45) is 11.8 Å². The first-order chi connectivity index (χ1) is 11.0. The van der Waals surface area contributed by atoms with Crippen LogP contribution in [0.3, 0.4) is 0 Å². The zero-order valence-electron chi connectivity index (χ0n) is 14.7. The summed E-state index contributed by atoms with van der Waals surface area (Å²) >= 11 is 0. The third-order valence-electron chi connectivity index (χ3n) is 3.94. The molecule has 0 saturated carbocycles. The Morgan fingerprint density at radius 1 is 1.25 bits per heavy atom. The maximum atomic E-state index is 12.7. The molecule has 0 unspecified atom stereocenters. The molecule has 1 aliphatic rings. The molecule has 0 saturated heterocycles. The maximum absolute atomic E-state index is 12.7. The smallest absolute Gasteiger partial charge is 0.247 e. The lowest BCUT2D eigenvalue weighted by molar-refractivity contribution is -0.125. The van der Waals surface area contributed by atoms with Gasteiger partial charge in [0.25, 0.3) is 0 Å². The Labute approximate surface area is 143 Å². The molecule has 1 heterocycles. The number of hydrogen-bond acceptors (Lipinski definition) is 4. The van der Waals surface area contributed by atoms with Crippen LogP contribution in [0.2, 0.25) is 0 Å². The Kier molecular flexibility index (Phi) is 5.03. The van der Waals surface area contributed by atoms with Crippen LogP contribution in [0.5, 0.6) is 0 Å². The monoisotopic (exact) mass is 352 g/mol. The molecule has 2 amide bonds. The van der Waals surface area contributed by atoms with Crippen LogP contribution in [-0.2, 0) is 19.4 Å². The van der Waals surface area contributed by atoms with Crippen LogP contribution in [0.25, 0.3) is 0 Å². The van der Waals surface area contributed by atoms with Gasteiger partial charge in [-0.15, -0.1) is 0 Å².